The minimum absolute atomic E-state index is 0.00855. The summed E-state index contributed by atoms with van der Waals surface area (Å²) in [6.07, 6.45) is 5.30. The van der Waals surface area contributed by atoms with E-state index < -0.39 is 15.9 Å². The van der Waals surface area contributed by atoms with E-state index in [2.05, 4.69) is 9.97 Å². The maximum absolute atomic E-state index is 13.9. The predicted molar refractivity (Wildman–Crippen MR) is 120 cm³/mol. The fourth-order valence-corrected chi connectivity index (χ4v) is 4.35. The number of pyridine rings is 1. The molecule has 0 saturated heterocycles. The largest absolute Gasteiger partial charge is 0.496 e. The number of nitrogens with one attached hydrogen (secondary N) is 2. The Morgan fingerprint density at radius 1 is 1.28 bits per heavy atom. The van der Waals surface area contributed by atoms with Crippen molar-refractivity contribution >= 4 is 32.5 Å². The average molecular weight is 459 g/mol. The number of aromatic nitrogens is 2. The van der Waals surface area contributed by atoms with Crippen LogP contribution in [0.25, 0.3) is 27.7 Å². The van der Waals surface area contributed by atoms with Crippen LogP contribution in [0, 0.1) is 5.82 Å². The molecule has 0 fully saturated rings. The molecular weight excluding hydrogens is 435 g/mol. The second-order valence-electron chi connectivity index (χ2n) is 7.66. The normalized spacial score (nSPS) is 14.9. The Morgan fingerprint density at radius 3 is 2.78 bits per heavy atom. The van der Waals surface area contributed by atoms with Crippen molar-refractivity contribution in [2.45, 2.75) is 6.42 Å². The van der Waals surface area contributed by atoms with E-state index in [4.69, 9.17) is 4.74 Å². The highest BCUT2D eigenvalue weighted by atomic mass is 32.2. The summed E-state index contributed by atoms with van der Waals surface area (Å²) >= 11 is 0. The van der Waals surface area contributed by atoms with Crippen molar-refractivity contribution in [1.29, 1.82) is 0 Å². The van der Waals surface area contributed by atoms with Gasteiger partial charge in [-0.25, -0.2) is 17.8 Å². The average Bonchev–Trinajstić information content (AvgIpc) is 3.17. The van der Waals surface area contributed by atoms with Gasteiger partial charge in [0.1, 0.15) is 17.2 Å². The first-order chi connectivity index (χ1) is 15.2. The van der Waals surface area contributed by atoms with E-state index >= 15 is 0 Å². The Bertz CT molecular complexity index is 1320. The molecule has 0 spiro atoms. The quantitative estimate of drug-likeness (QED) is 0.588. The number of fused-ring (bicyclic) bond motifs is 1. The van der Waals surface area contributed by atoms with Crippen molar-refractivity contribution in [3.05, 3.63) is 54.1 Å². The molecule has 1 aromatic carbocycles. The van der Waals surface area contributed by atoms with E-state index in [9.17, 15) is 17.6 Å². The lowest BCUT2D eigenvalue weighted by atomic mass is 10.0. The molecule has 8 nitrogen and oxygen atoms in total. The molecule has 0 bridgehead atoms. The van der Waals surface area contributed by atoms with Gasteiger partial charge in [0.15, 0.2) is 0 Å². The summed E-state index contributed by atoms with van der Waals surface area (Å²) in [4.78, 5) is 21.4. The molecule has 32 heavy (non-hydrogen) atoms. The number of rotatable bonds is 6. The van der Waals surface area contributed by atoms with Gasteiger partial charge in [0.2, 0.25) is 15.9 Å². The van der Waals surface area contributed by atoms with Crippen LogP contribution < -0.4 is 9.46 Å². The van der Waals surface area contributed by atoms with Crippen LogP contribution in [0.4, 0.5) is 4.39 Å². The van der Waals surface area contributed by atoms with Crippen LogP contribution in [0.2, 0.25) is 0 Å². The fraction of sp³-hybridized carbons (Fsp3) is 0.273. The first-order valence-electron chi connectivity index (χ1n) is 9.97. The van der Waals surface area contributed by atoms with Crippen LogP contribution in [0.15, 0.2) is 42.6 Å². The molecule has 168 valence electrons. The number of aromatic amines is 1. The molecule has 0 radical (unpaired) electrons. The molecule has 0 aliphatic carbocycles. The Morgan fingerprint density at radius 2 is 2.09 bits per heavy atom. The van der Waals surface area contributed by atoms with Crippen molar-refractivity contribution in [2.24, 2.45) is 0 Å². The van der Waals surface area contributed by atoms with E-state index in [-0.39, 0.29) is 12.4 Å². The first kappa shape index (κ1) is 22.0. The van der Waals surface area contributed by atoms with E-state index in [1.54, 1.807) is 19.4 Å². The number of carbonyl (C=O) groups excluding carboxylic acids is 1. The van der Waals surface area contributed by atoms with Crippen molar-refractivity contribution in [3.8, 4) is 16.9 Å². The molecule has 3 heterocycles. The zero-order chi connectivity index (χ0) is 22.9. The van der Waals surface area contributed by atoms with E-state index in [1.165, 1.54) is 12.1 Å². The second kappa shape index (κ2) is 8.71. The highest BCUT2D eigenvalue weighted by Crippen LogP contribution is 2.36. The van der Waals surface area contributed by atoms with E-state index in [1.807, 2.05) is 27.8 Å². The number of ether oxygens (including phenoxy) is 1. The molecule has 1 aliphatic rings. The van der Waals surface area contributed by atoms with Gasteiger partial charge >= 0.3 is 0 Å². The van der Waals surface area contributed by atoms with E-state index in [0.717, 1.165) is 28.5 Å². The van der Waals surface area contributed by atoms with Crippen LogP contribution in [0.3, 0.4) is 0 Å². The summed E-state index contributed by atoms with van der Waals surface area (Å²) in [6.45, 7) is 1.13. The molecule has 4 rings (SSSR count). The van der Waals surface area contributed by atoms with E-state index in [0.29, 0.717) is 36.5 Å². The standard InChI is InChI=1S/C22H23FN4O4S/c1-31-20-4-3-15(23)11-17(20)16-5-8-24-22-18(16)12-19(25-22)14-6-9-27(10-7-14)13-21(28)26-32(2,29)30/h3-6,8,11-12H,7,9-10,13H2,1-2H3,(H,24,25)(H,26,28). The van der Waals surface area contributed by atoms with Crippen molar-refractivity contribution in [1.82, 2.24) is 19.6 Å². The number of hydrogen-bond acceptors (Lipinski definition) is 6. The molecule has 2 N–H and O–H groups in total. The van der Waals surface area contributed by atoms with Crippen molar-refractivity contribution in [3.63, 3.8) is 0 Å². The molecule has 1 amide bonds. The molecule has 0 unspecified atom stereocenters. The van der Waals surface area contributed by atoms with Gasteiger partial charge in [-0.3, -0.25) is 14.4 Å². The maximum atomic E-state index is 13.9. The number of halogens is 1. The Kier molecular flexibility index (Phi) is 5.98. The highest BCUT2D eigenvalue weighted by molar-refractivity contribution is 7.89. The summed E-state index contributed by atoms with van der Waals surface area (Å²) in [5.41, 5.74) is 4.10. The van der Waals surface area contributed by atoms with Gasteiger partial charge in [-0.1, -0.05) is 6.08 Å². The predicted octanol–water partition coefficient (Wildman–Crippen LogP) is 2.54. The third kappa shape index (κ3) is 4.81. The molecule has 3 aromatic rings. The minimum atomic E-state index is -3.56. The van der Waals surface area contributed by atoms with Crippen LogP contribution in [0.1, 0.15) is 12.1 Å². The Hall–Kier alpha value is -3.24. The second-order valence-corrected chi connectivity index (χ2v) is 9.41. The zero-order valence-corrected chi connectivity index (χ0v) is 18.5. The van der Waals surface area contributed by atoms with Gasteiger partial charge in [0.25, 0.3) is 0 Å². The molecule has 1 aliphatic heterocycles. The third-order valence-corrected chi connectivity index (χ3v) is 5.89. The number of nitrogens with zero attached hydrogens (tertiary/aromatic N) is 2. The SMILES string of the molecule is COc1ccc(F)cc1-c1ccnc2[nH]c(C3=CCN(CC(=O)NS(C)(=O)=O)CC3)cc12. The molecular formula is C22H23FN4O4S. The fourth-order valence-electron chi connectivity index (χ4n) is 3.87. The number of amides is 1. The number of methoxy groups -OCH3 is 1. The Balaban J connectivity index is 1.58. The minimum Gasteiger partial charge on any atom is -0.496 e. The number of H-pyrrole nitrogens is 1. The summed E-state index contributed by atoms with van der Waals surface area (Å²) in [5, 5.41) is 0.849. The zero-order valence-electron chi connectivity index (χ0n) is 17.7. The summed E-state index contributed by atoms with van der Waals surface area (Å²) in [7, 11) is -2.02. The van der Waals surface area contributed by atoms with Crippen LogP contribution >= 0.6 is 0 Å². The smallest absolute Gasteiger partial charge is 0.247 e. The van der Waals surface area contributed by atoms with Crippen molar-refractivity contribution < 1.29 is 22.3 Å². The summed E-state index contributed by atoms with van der Waals surface area (Å²) in [5.74, 6) is -0.328. The van der Waals surface area contributed by atoms with Gasteiger partial charge in [-0.05, 0) is 47.9 Å². The van der Waals surface area contributed by atoms with Crippen LogP contribution in [0.5, 0.6) is 5.75 Å². The van der Waals surface area contributed by atoms with Gasteiger partial charge < -0.3 is 9.72 Å². The molecule has 2 aromatic heterocycles. The summed E-state index contributed by atoms with van der Waals surface area (Å²) in [6, 6.07) is 8.22. The monoisotopic (exact) mass is 458 g/mol. The lowest BCUT2D eigenvalue weighted by Gasteiger charge is -2.25. The van der Waals surface area contributed by atoms with Crippen LogP contribution in [-0.2, 0) is 14.8 Å². The van der Waals surface area contributed by atoms with Crippen LogP contribution in [-0.4, -0.2) is 62.2 Å². The molecule has 0 atom stereocenters. The van der Waals surface area contributed by atoms with Gasteiger partial charge in [-0.2, -0.15) is 0 Å². The topological polar surface area (TPSA) is 104 Å². The lowest BCUT2D eigenvalue weighted by Crippen LogP contribution is -2.41. The number of sulfonamides is 1. The van der Waals surface area contributed by atoms with Gasteiger partial charge in [0.05, 0.1) is 19.9 Å². The van der Waals surface area contributed by atoms with Crippen molar-refractivity contribution in [2.75, 3.05) is 33.0 Å². The first-order valence-corrected chi connectivity index (χ1v) is 11.9. The third-order valence-electron chi connectivity index (χ3n) is 5.29. The number of carbonyl (C=O) groups is 1. The lowest BCUT2D eigenvalue weighted by molar-refractivity contribution is -0.120. The Labute approximate surface area is 185 Å². The molecule has 0 saturated carbocycles. The highest BCUT2D eigenvalue weighted by Gasteiger charge is 2.20. The maximum Gasteiger partial charge on any atom is 0.247 e. The molecule has 10 heteroatoms. The number of benzene rings is 1. The number of hydrogen-bond donors (Lipinski definition) is 2. The van der Waals surface area contributed by atoms with Gasteiger partial charge in [0, 0.05) is 35.9 Å². The summed E-state index contributed by atoms with van der Waals surface area (Å²) < 4.78 is 43.7. The van der Waals surface area contributed by atoms with Gasteiger partial charge in [-0.15, -0.1) is 0 Å².